The SMILES string of the molecule is Cc1nc(Cl)cc2c3nc(nc12)OCCOc1c(C(F)F)cccc1C(C)N3. The number of pyridine rings is 1. The summed E-state index contributed by atoms with van der Waals surface area (Å²) in [6.07, 6.45) is -2.65. The Morgan fingerprint density at radius 3 is 2.75 bits per heavy atom. The molecule has 1 aromatic carbocycles. The van der Waals surface area contributed by atoms with E-state index in [1.165, 1.54) is 6.07 Å². The molecule has 1 N–H and O–H groups in total. The Bertz CT molecular complexity index is 1050. The van der Waals surface area contributed by atoms with E-state index in [0.29, 0.717) is 33.1 Å². The molecular formula is C19H17ClF2N4O2. The molecule has 0 aliphatic carbocycles. The molecule has 3 heterocycles. The first-order valence-electron chi connectivity index (χ1n) is 8.72. The summed E-state index contributed by atoms with van der Waals surface area (Å²) >= 11 is 6.11. The fraction of sp³-hybridized carbons (Fsp3) is 0.316. The number of nitrogens with one attached hydrogen (secondary N) is 1. The Labute approximate surface area is 164 Å². The predicted molar refractivity (Wildman–Crippen MR) is 102 cm³/mol. The van der Waals surface area contributed by atoms with Crippen molar-refractivity contribution in [3.63, 3.8) is 0 Å². The highest BCUT2D eigenvalue weighted by Gasteiger charge is 2.23. The van der Waals surface area contributed by atoms with Gasteiger partial charge in [-0.1, -0.05) is 23.7 Å². The summed E-state index contributed by atoms with van der Waals surface area (Å²) in [5, 5.41) is 4.24. The number of hydrogen-bond acceptors (Lipinski definition) is 6. The molecule has 3 aromatic rings. The van der Waals surface area contributed by atoms with Crippen LogP contribution in [0.2, 0.25) is 5.15 Å². The lowest BCUT2D eigenvalue weighted by molar-refractivity contribution is 0.141. The number of aryl methyl sites for hydroxylation is 1. The number of ether oxygens (including phenoxy) is 2. The van der Waals surface area contributed by atoms with Gasteiger partial charge < -0.3 is 14.8 Å². The monoisotopic (exact) mass is 406 g/mol. The molecule has 2 aromatic heterocycles. The van der Waals surface area contributed by atoms with Crippen molar-refractivity contribution < 1.29 is 18.3 Å². The normalized spacial score (nSPS) is 16.6. The summed E-state index contributed by atoms with van der Waals surface area (Å²) in [6.45, 7) is 3.83. The molecule has 2 bridgehead atoms. The highest BCUT2D eigenvalue weighted by Crippen LogP contribution is 2.37. The Morgan fingerprint density at radius 1 is 1.18 bits per heavy atom. The first-order valence-corrected chi connectivity index (χ1v) is 9.10. The van der Waals surface area contributed by atoms with Gasteiger partial charge in [0, 0.05) is 10.9 Å². The molecule has 1 atom stereocenters. The molecule has 1 unspecified atom stereocenters. The second kappa shape index (κ2) is 7.35. The fourth-order valence-corrected chi connectivity index (χ4v) is 3.45. The molecule has 6 nitrogen and oxygen atoms in total. The second-order valence-corrected chi connectivity index (χ2v) is 6.80. The summed E-state index contributed by atoms with van der Waals surface area (Å²) in [5.41, 5.74) is 1.68. The molecule has 4 rings (SSSR count). The van der Waals surface area contributed by atoms with Crippen molar-refractivity contribution in [2.75, 3.05) is 18.5 Å². The van der Waals surface area contributed by atoms with Crippen LogP contribution in [-0.4, -0.2) is 28.2 Å². The lowest BCUT2D eigenvalue weighted by atomic mass is 10.0. The maximum absolute atomic E-state index is 13.5. The van der Waals surface area contributed by atoms with Gasteiger partial charge in [0.2, 0.25) is 0 Å². The molecule has 1 aliphatic rings. The predicted octanol–water partition coefficient (Wildman–Crippen LogP) is 4.87. The van der Waals surface area contributed by atoms with Crippen molar-refractivity contribution in [1.29, 1.82) is 0 Å². The first kappa shape index (κ1) is 18.6. The average molecular weight is 407 g/mol. The van der Waals surface area contributed by atoms with E-state index in [1.807, 2.05) is 6.92 Å². The molecular weight excluding hydrogens is 390 g/mol. The maximum Gasteiger partial charge on any atom is 0.319 e. The third-order valence-electron chi connectivity index (χ3n) is 4.50. The lowest BCUT2D eigenvalue weighted by Crippen LogP contribution is -2.13. The molecule has 0 radical (unpaired) electrons. The largest absolute Gasteiger partial charge is 0.489 e. The summed E-state index contributed by atoms with van der Waals surface area (Å²) in [4.78, 5) is 13.1. The Balaban J connectivity index is 1.87. The van der Waals surface area contributed by atoms with Gasteiger partial charge in [-0.2, -0.15) is 9.97 Å². The third-order valence-corrected chi connectivity index (χ3v) is 4.69. The van der Waals surface area contributed by atoms with E-state index in [-0.39, 0.29) is 36.6 Å². The van der Waals surface area contributed by atoms with Gasteiger partial charge in [-0.05, 0) is 26.0 Å². The standard InChI is InChI=1S/C19H17ClF2N4O2/c1-9-11-4-3-5-12(17(21)22)16(11)27-6-7-28-19-25-15-10(2)23-14(20)8-13(15)18(24-9)26-19/h3-5,8-9,17H,6-7H2,1-2H3,(H,24,25,26). The maximum atomic E-state index is 13.5. The topological polar surface area (TPSA) is 69.2 Å². The third kappa shape index (κ3) is 3.40. The average Bonchev–Trinajstić information content (AvgIpc) is 2.67. The summed E-state index contributed by atoms with van der Waals surface area (Å²) < 4.78 is 38.2. The zero-order valence-electron chi connectivity index (χ0n) is 15.2. The minimum Gasteiger partial charge on any atom is -0.489 e. The molecule has 0 spiro atoms. The van der Waals surface area contributed by atoms with Gasteiger partial charge in [0.15, 0.2) is 0 Å². The van der Waals surface area contributed by atoms with Crippen molar-refractivity contribution in [3.8, 4) is 11.8 Å². The molecule has 9 heteroatoms. The molecule has 0 saturated carbocycles. The van der Waals surface area contributed by atoms with Crippen LogP contribution in [0, 0.1) is 6.92 Å². The van der Waals surface area contributed by atoms with Gasteiger partial charge in [-0.3, -0.25) is 0 Å². The van der Waals surface area contributed by atoms with Crippen LogP contribution in [0.1, 0.15) is 36.2 Å². The highest BCUT2D eigenvalue weighted by molar-refractivity contribution is 6.30. The van der Waals surface area contributed by atoms with Crippen molar-refractivity contribution in [2.45, 2.75) is 26.3 Å². The number of alkyl halides is 2. The second-order valence-electron chi connectivity index (χ2n) is 6.41. The fourth-order valence-electron chi connectivity index (χ4n) is 3.21. The Morgan fingerprint density at radius 2 is 1.96 bits per heavy atom. The smallest absolute Gasteiger partial charge is 0.319 e. The van der Waals surface area contributed by atoms with Crippen LogP contribution in [0.5, 0.6) is 11.8 Å². The number of benzene rings is 1. The van der Waals surface area contributed by atoms with Gasteiger partial charge >= 0.3 is 6.01 Å². The van der Waals surface area contributed by atoms with Gasteiger partial charge in [-0.25, -0.2) is 13.8 Å². The van der Waals surface area contributed by atoms with E-state index >= 15 is 0 Å². The molecule has 146 valence electrons. The zero-order valence-corrected chi connectivity index (χ0v) is 15.9. The van der Waals surface area contributed by atoms with E-state index in [0.717, 1.165) is 0 Å². The van der Waals surface area contributed by atoms with E-state index in [9.17, 15) is 8.78 Å². The van der Waals surface area contributed by atoms with Crippen molar-refractivity contribution >= 4 is 28.3 Å². The van der Waals surface area contributed by atoms with Gasteiger partial charge in [0.25, 0.3) is 6.43 Å². The van der Waals surface area contributed by atoms with E-state index < -0.39 is 6.43 Å². The van der Waals surface area contributed by atoms with Crippen LogP contribution in [0.4, 0.5) is 14.6 Å². The number of nitrogens with zero attached hydrogens (tertiary/aromatic N) is 3. The highest BCUT2D eigenvalue weighted by atomic mass is 35.5. The number of fused-ring (bicyclic) bond motifs is 5. The molecule has 0 fully saturated rings. The Hall–Kier alpha value is -2.74. The van der Waals surface area contributed by atoms with E-state index in [1.54, 1.807) is 25.1 Å². The number of rotatable bonds is 1. The number of hydrogen-bond donors (Lipinski definition) is 1. The van der Waals surface area contributed by atoms with Crippen LogP contribution in [0.15, 0.2) is 24.3 Å². The summed E-state index contributed by atoms with van der Waals surface area (Å²) in [7, 11) is 0. The zero-order chi connectivity index (χ0) is 19.8. The number of anilines is 1. The molecule has 28 heavy (non-hydrogen) atoms. The van der Waals surface area contributed by atoms with Crippen molar-refractivity contribution in [3.05, 3.63) is 46.2 Å². The van der Waals surface area contributed by atoms with Crippen LogP contribution in [-0.2, 0) is 0 Å². The number of aromatic nitrogens is 3. The minimum absolute atomic E-state index is 0.0814. The lowest BCUT2D eigenvalue weighted by Gasteiger charge is -2.21. The van der Waals surface area contributed by atoms with Gasteiger partial charge in [0.1, 0.15) is 35.5 Å². The van der Waals surface area contributed by atoms with Gasteiger partial charge in [0.05, 0.1) is 17.3 Å². The summed E-state index contributed by atoms with van der Waals surface area (Å²) in [6, 6.07) is 6.15. The summed E-state index contributed by atoms with van der Waals surface area (Å²) in [5.74, 6) is 0.638. The molecule has 0 amide bonds. The van der Waals surface area contributed by atoms with E-state index in [4.69, 9.17) is 21.1 Å². The molecule has 1 aliphatic heterocycles. The van der Waals surface area contributed by atoms with Crippen LogP contribution in [0.25, 0.3) is 10.9 Å². The number of para-hydroxylation sites is 1. The van der Waals surface area contributed by atoms with Crippen LogP contribution < -0.4 is 14.8 Å². The van der Waals surface area contributed by atoms with Crippen molar-refractivity contribution in [1.82, 2.24) is 15.0 Å². The molecule has 0 saturated heterocycles. The first-order chi connectivity index (χ1) is 13.4. The minimum atomic E-state index is -2.65. The quantitative estimate of drug-likeness (QED) is 0.581. The number of halogens is 3. The van der Waals surface area contributed by atoms with Crippen molar-refractivity contribution in [2.24, 2.45) is 0 Å². The van der Waals surface area contributed by atoms with Gasteiger partial charge in [-0.15, -0.1) is 0 Å². The Kier molecular flexibility index (Phi) is 4.89. The van der Waals surface area contributed by atoms with Crippen LogP contribution >= 0.6 is 11.6 Å². The van der Waals surface area contributed by atoms with Crippen LogP contribution in [0.3, 0.4) is 0 Å². The van der Waals surface area contributed by atoms with E-state index in [2.05, 4.69) is 20.3 Å².